The summed E-state index contributed by atoms with van der Waals surface area (Å²) in [7, 11) is 0. The van der Waals surface area contributed by atoms with Crippen LogP contribution in [0.5, 0.6) is 0 Å². The smallest absolute Gasteiger partial charge is 0.308 e. The normalized spacial score (nSPS) is 9.88. The average molecular weight is 152 g/mol. The molecule has 8 heavy (non-hydrogen) atoms. The van der Waals surface area contributed by atoms with Crippen molar-refractivity contribution in [3.63, 3.8) is 0 Å². The number of hydrogen-bond acceptors (Lipinski definition) is 3. The predicted molar refractivity (Wildman–Crippen MR) is 38.8 cm³/mol. The van der Waals surface area contributed by atoms with Gasteiger partial charge >= 0.3 is 5.97 Å². The first-order chi connectivity index (χ1) is 3.72. The molecule has 48 valence electrons. The van der Waals surface area contributed by atoms with Gasteiger partial charge in [-0.05, 0) is 0 Å². The zero-order valence-electron chi connectivity index (χ0n) is 4.24. The van der Waals surface area contributed by atoms with E-state index in [9.17, 15) is 4.79 Å². The lowest BCUT2D eigenvalue weighted by Gasteiger charge is -2.01. The number of rotatable bonds is 3. The molecule has 0 spiro atoms. The summed E-state index contributed by atoms with van der Waals surface area (Å²) in [5.41, 5.74) is 0. The fourth-order valence-electron chi connectivity index (χ4n) is 0.214. The summed E-state index contributed by atoms with van der Waals surface area (Å²) in [6.07, 6.45) is 0. The van der Waals surface area contributed by atoms with Gasteiger partial charge in [-0.15, -0.1) is 0 Å². The minimum absolute atomic E-state index is 0.360. The lowest BCUT2D eigenvalue weighted by molar-refractivity contribution is -0.140. The van der Waals surface area contributed by atoms with E-state index in [-0.39, 0.29) is 0 Å². The monoisotopic (exact) mass is 152 g/mol. The predicted octanol–water partition coefficient (Wildman–Crippen LogP) is 0.547. The fraction of sp³-hybridized carbons (Fsp3) is 0.750. The van der Waals surface area contributed by atoms with Crippen molar-refractivity contribution in [3.05, 3.63) is 0 Å². The van der Waals surface area contributed by atoms with E-state index in [1.807, 2.05) is 0 Å². The molecule has 0 aromatic heterocycles. The number of carboxylic acid groups (broad SMARTS) is 1. The summed E-state index contributed by atoms with van der Waals surface area (Å²) in [4.78, 5) is 10.1. The van der Waals surface area contributed by atoms with Crippen molar-refractivity contribution in [1.29, 1.82) is 0 Å². The van der Waals surface area contributed by atoms with Gasteiger partial charge in [0.1, 0.15) is 0 Å². The Kier molecular flexibility index (Phi) is 4.18. The van der Waals surface area contributed by atoms with Crippen LogP contribution in [0.1, 0.15) is 0 Å². The van der Waals surface area contributed by atoms with Crippen LogP contribution >= 0.6 is 25.3 Å². The van der Waals surface area contributed by atoms with Gasteiger partial charge in [-0.25, -0.2) is 0 Å². The topological polar surface area (TPSA) is 37.3 Å². The van der Waals surface area contributed by atoms with Gasteiger partial charge in [0.25, 0.3) is 0 Å². The molecule has 0 aliphatic heterocycles. The lowest BCUT2D eigenvalue weighted by Crippen LogP contribution is -2.16. The second kappa shape index (κ2) is 4.09. The molecule has 0 aromatic carbocycles. The molecule has 0 aromatic rings. The molecule has 0 heterocycles. The summed E-state index contributed by atoms with van der Waals surface area (Å²) in [5, 5.41) is 8.28. The quantitative estimate of drug-likeness (QED) is 0.516. The van der Waals surface area contributed by atoms with E-state index in [1.165, 1.54) is 0 Å². The van der Waals surface area contributed by atoms with E-state index in [0.29, 0.717) is 11.5 Å². The van der Waals surface area contributed by atoms with Crippen LogP contribution in [0.15, 0.2) is 0 Å². The van der Waals surface area contributed by atoms with Crippen molar-refractivity contribution < 1.29 is 9.90 Å². The van der Waals surface area contributed by atoms with Crippen molar-refractivity contribution in [2.75, 3.05) is 11.5 Å². The number of carboxylic acids is 1. The molecule has 4 heteroatoms. The third kappa shape index (κ3) is 2.47. The van der Waals surface area contributed by atoms with Gasteiger partial charge in [0.05, 0.1) is 5.92 Å². The van der Waals surface area contributed by atoms with Gasteiger partial charge in [-0.2, -0.15) is 25.3 Å². The molecule has 0 rings (SSSR count). The molecule has 0 saturated heterocycles. The van der Waals surface area contributed by atoms with Gasteiger partial charge < -0.3 is 5.11 Å². The molecule has 1 N–H and O–H groups in total. The standard InChI is InChI=1S/C4H8O2S2/c5-4(6)3(1-7)2-8/h3,7-8H,1-2H2,(H,5,6). The maximum absolute atomic E-state index is 10.1. The molecular weight excluding hydrogens is 144 g/mol. The second-order valence-corrected chi connectivity index (χ2v) is 2.13. The van der Waals surface area contributed by atoms with E-state index < -0.39 is 11.9 Å². The summed E-state index contributed by atoms with van der Waals surface area (Å²) in [6, 6.07) is 0. The second-order valence-electron chi connectivity index (χ2n) is 1.40. The Morgan fingerprint density at radius 3 is 1.88 bits per heavy atom. The van der Waals surface area contributed by atoms with Gasteiger partial charge in [0, 0.05) is 11.5 Å². The lowest BCUT2D eigenvalue weighted by atomic mass is 10.2. The molecular formula is C4H8O2S2. The van der Waals surface area contributed by atoms with Crippen LogP contribution in [0.3, 0.4) is 0 Å². The van der Waals surface area contributed by atoms with Gasteiger partial charge in [-0.1, -0.05) is 0 Å². The fourth-order valence-corrected chi connectivity index (χ4v) is 0.988. The van der Waals surface area contributed by atoms with E-state index in [4.69, 9.17) is 5.11 Å². The number of aliphatic carboxylic acids is 1. The van der Waals surface area contributed by atoms with Crippen molar-refractivity contribution in [2.24, 2.45) is 5.92 Å². The van der Waals surface area contributed by atoms with Crippen molar-refractivity contribution in [3.8, 4) is 0 Å². The Hall–Kier alpha value is 0.170. The van der Waals surface area contributed by atoms with E-state index >= 15 is 0 Å². The highest BCUT2D eigenvalue weighted by Gasteiger charge is 2.11. The molecule has 0 fully saturated rings. The average Bonchev–Trinajstić information content (AvgIpc) is 1.69. The van der Waals surface area contributed by atoms with Crippen LogP contribution in [0.4, 0.5) is 0 Å². The summed E-state index contributed by atoms with van der Waals surface area (Å²) in [5.74, 6) is -0.505. The zero-order chi connectivity index (χ0) is 6.57. The molecule has 0 aliphatic carbocycles. The van der Waals surface area contributed by atoms with Gasteiger partial charge in [-0.3, -0.25) is 4.79 Å². The molecule has 0 unspecified atom stereocenters. The summed E-state index contributed by atoms with van der Waals surface area (Å²) < 4.78 is 0. The van der Waals surface area contributed by atoms with Gasteiger partial charge in [0.2, 0.25) is 0 Å². The van der Waals surface area contributed by atoms with Crippen LogP contribution in [0.25, 0.3) is 0 Å². The van der Waals surface area contributed by atoms with Gasteiger partial charge in [0.15, 0.2) is 0 Å². The van der Waals surface area contributed by atoms with Crippen LogP contribution in [0, 0.1) is 5.92 Å². The Bertz CT molecular complexity index is 80.1. The largest absolute Gasteiger partial charge is 0.481 e. The van der Waals surface area contributed by atoms with Crippen molar-refractivity contribution in [1.82, 2.24) is 0 Å². The highest BCUT2D eigenvalue weighted by Crippen LogP contribution is 2.00. The zero-order valence-corrected chi connectivity index (χ0v) is 6.03. The molecule has 0 amide bonds. The Labute approximate surface area is 59.1 Å². The van der Waals surface area contributed by atoms with Crippen LogP contribution in [0.2, 0.25) is 0 Å². The summed E-state index contributed by atoms with van der Waals surface area (Å²) >= 11 is 7.61. The third-order valence-corrected chi connectivity index (χ3v) is 1.67. The van der Waals surface area contributed by atoms with Crippen molar-refractivity contribution in [2.45, 2.75) is 0 Å². The van der Waals surface area contributed by atoms with Crippen LogP contribution in [-0.4, -0.2) is 22.6 Å². The first-order valence-electron chi connectivity index (χ1n) is 2.17. The summed E-state index contributed by atoms with van der Waals surface area (Å²) in [6.45, 7) is 0. The minimum atomic E-state index is -0.824. The molecule has 0 saturated carbocycles. The van der Waals surface area contributed by atoms with Crippen LogP contribution < -0.4 is 0 Å². The number of hydrogen-bond donors (Lipinski definition) is 3. The van der Waals surface area contributed by atoms with E-state index in [2.05, 4.69) is 25.3 Å². The number of thiol groups is 2. The molecule has 0 bridgehead atoms. The highest BCUT2D eigenvalue weighted by atomic mass is 32.1. The maximum atomic E-state index is 10.1. The Balaban J connectivity index is 3.52. The number of carbonyl (C=O) groups is 1. The van der Waals surface area contributed by atoms with Crippen molar-refractivity contribution >= 4 is 31.2 Å². The first-order valence-corrected chi connectivity index (χ1v) is 3.43. The highest BCUT2D eigenvalue weighted by molar-refractivity contribution is 7.81. The third-order valence-electron chi connectivity index (χ3n) is 0.790. The maximum Gasteiger partial charge on any atom is 0.308 e. The Morgan fingerprint density at radius 2 is 1.88 bits per heavy atom. The van der Waals surface area contributed by atoms with E-state index in [1.54, 1.807) is 0 Å². The first kappa shape index (κ1) is 8.17. The molecule has 0 radical (unpaired) electrons. The SMILES string of the molecule is O=C(O)C(CS)CS. The van der Waals surface area contributed by atoms with E-state index in [0.717, 1.165) is 0 Å². The van der Waals surface area contributed by atoms with Crippen LogP contribution in [-0.2, 0) is 4.79 Å². The molecule has 0 atom stereocenters. The minimum Gasteiger partial charge on any atom is -0.481 e. The molecule has 2 nitrogen and oxygen atoms in total. The molecule has 0 aliphatic rings. The Morgan fingerprint density at radius 1 is 1.50 bits per heavy atom.